The number of benzene rings is 3. The second-order valence-electron chi connectivity index (χ2n) is 7.21. The summed E-state index contributed by atoms with van der Waals surface area (Å²) in [5, 5.41) is 0. The zero-order chi connectivity index (χ0) is 22.0. The van der Waals surface area contributed by atoms with Crippen LogP contribution in [0.3, 0.4) is 0 Å². The minimum absolute atomic E-state index is 0.115. The predicted octanol–water partition coefficient (Wildman–Crippen LogP) is 5.67. The van der Waals surface area contributed by atoms with E-state index in [4.69, 9.17) is 0 Å². The highest BCUT2D eigenvalue weighted by Gasteiger charge is 2.36. The monoisotopic (exact) mass is 527 g/mol. The van der Waals surface area contributed by atoms with Crippen LogP contribution in [0.4, 0.5) is 19.3 Å². The van der Waals surface area contributed by atoms with Crippen LogP contribution in [-0.2, 0) is 17.6 Å². The van der Waals surface area contributed by atoms with E-state index in [0.717, 1.165) is 23.3 Å². The molecular formula is C25H16F2INO2. The summed E-state index contributed by atoms with van der Waals surface area (Å²) in [5.41, 5.74) is 2.17. The molecule has 3 nitrogen and oxygen atoms in total. The molecule has 6 heteroatoms. The zero-order valence-electron chi connectivity index (χ0n) is 16.2. The minimum atomic E-state index is -1.01. The summed E-state index contributed by atoms with van der Waals surface area (Å²) in [4.78, 5) is 25.9. The minimum Gasteiger partial charge on any atom is -0.274 e. The van der Waals surface area contributed by atoms with Gasteiger partial charge in [-0.2, -0.15) is 0 Å². The number of imide groups is 1. The molecule has 0 N–H and O–H groups in total. The molecule has 0 unspecified atom stereocenters. The molecular weight excluding hydrogens is 511 g/mol. The first-order valence-electron chi connectivity index (χ1n) is 9.60. The van der Waals surface area contributed by atoms with Crippen molar-refractivity contribution in [1.82, 2.24) is 0 Å². The lowest BCUT2D eigenvalue weighted by atomic mass is 10.0. The summed E-state index contributed by atoms with van der Waals surface area (Å²) in [6.07, 6.45) is 0.860. The summed E-state index contributed by atoms with van der Waals surface area (Å²) in [6.45, 7) is 0. The number of anilines is 1. The van der Waals surface area contributed by atoms with Crippen molar-refractivity contribution < 1.29 is 18.4 Å². The summed E-state index contributed by atoms with van der Waals surface area (Å²) in [7, 11) is 0. The van der Waals surface area contributed by atoms with Crippen molar-refractivity contribution in [3.63, 3.8) is 0 Å². The molecule has 3 aromatic carbocycles. The molecule has 0 aliphatic heterocycles. The topological polar surface area (TPSA) is 37.4 Å². The molecule has 0 spiro atoms. The standard InChI is InChI=1S/C25H16F2INO2/c26-21-12-17(11-10-16-6-2-1-3-7-16)13-22(27)23(21)29(25(28)31)24(30)20-14-18-8-4-5-9-19(18)15-20/h1-9,12-13,20H,14-15H2. The average molecular weight is 527 g/mol. The Balaban J connectivity index is 1.64. The average Bonchev–Trinajstić information content (AvgIpc) is 3.19. The van der Waals surface area contributed by atoms with E-state index in [1.807, 2.05) is 42.5 Å². The number of halogens is 3. The van der Waals surface area contributed by atoms with E-state index in [1.165, 1.54) is 22.6 Å². The first-order valence-corrected chi connectivity index (χ1v) is 10.7. The number of fused-ring (bicyclic) bond motifs is 1. The molecule has 0 fully saturated rings. The fourth-order valence-electron chi connectivity index (χ4n) is 3.72. The van der Waals surface area contributed by atoms with Gasteiger partial charge in [0.15, 0.2) is 11.6 Å². The lowest BCUT2D eigenvalue weighted by molar-refractivity contribution is -0.121. The van der Waals surface area contributed by atoms with Crippen molar-refractivity contribution in [1.29, 1.82) is 0 Å². The van der Waals surface area contributed by atoms with Gasteiger partial charge in [0, 0.05) is 39.6 Å². The molecule has 0 aromatic heterocycles. The van der Waals surface area contributed by atoms with Gasteiger partial charge < -0.3 is 0 Å². The zero-order valence-corrected chi connectivity index (χ0v) is 18.4. The molecule has 1 aliphatic carbocycles. The Kier molecular flexibility index (Phi) is 6.14. The highest BCUT2D eigenvalue weighted by molar-refractivity contribution is 14.1. The first-order chi connectivity index (χ1) is 14.9. The third-order valence-electron chi connectivity index (χ3n) is 5.16. The van der Waals surface area contributed by atoms with Crippen molar-refractivity contribution in [3.05, 3.63) is 101 Å². The van der Waals surface area contributed by atoms with Crippen LogP contribution in [0.1, 0.15) is 22.3 Å². The van der Waals surface area contributed by atoms with Crippen LogP contribution in [0.5, 0.6) is 0 Å². The van der Waals surface area contributed by atoms with E-state index in [1.54, 1.807) is 12.1 Å². The van der Waals surface area contributed by atoms with Gasteiger partial charge in [-0.3, -0.25) is 9.59 Å². The maximum absolute atomic E-state index is 14.9. The highest BCUT2D eigenvalue weighted by Crippen LogP contribution is 2.33. The molecule has 2 amide bonds. The van der Waals surface area contributed by atoms with Crippen LogP contribution < -0.4 is 4.90 Å². The number of hydrogen-bond donors (Lipinski definition) is 0. The SMILES string of the molecule is O=C(I)N(C(=O)C1Cc2ccccc2C1)c1c(F)cc(C#Cc2ccccc2)cc1F. The van der Waals surface area contributed by atoms with Gasteiger partial charge in [-0.05, 0) is 48.2 Å². The van der Waals surface area contributed by atoms with Crippen LogP contribution in [0, 0.1) is 29.4 Å². The Bertz CT molecular complexity index is 1180. The van der Waals surface area contributed by atoms with Gasteiger partial charge in [0.2, 0.25) is 5.91 Å². The van der Waals surface area contributed by atoms with Crippen molar-refractivity contribution in [2.75, 3.05) is 4.90 Å². The maximum atomic E-state index is 14.9. The van der Waals surface area contributed by atoms with E-state index in [9.17, 15) is 18.4 Å². The van der Waals surface area contributed by atoms with Gasteiger partial charge in [-0.25, -0.2) is 13.7 Å². The van der Waals surface area contributed by atoms with Gasteiger partial charge in [0.25, 0.3) is 3.91 Å². The number of amides is 2. The molecule has 31 heavy (non-hydrogen) atoms. The molecule has 0 atom stereocenters. The van der Waals surface area contributed by atoms with Crippen molar-refractivity contribution in [3.8, 4) is 11.8 Å². The molecule has 0 bridgehead atoms. The largest absolute Gasteiger partial charge is 0.294 e. The number of carbonyl (C=O) groups excluding carboxylic acids is 2. The molecule has 0 radical (unpaired) electrons. The molecule has 0 saturated carbocycles. The van der Waals surface area contributed by atoms with E-state index in [2.05, 4.69) is 11.8 Å². The van der Waals surface area contributed by atoms with Crippen LogP contribution in [0.25, 0.3) is 0 Å². The van der Waals surface area contributed by atoms with Gasteiger partial charge in [0.05, 0.1) is 0 Å². The fraction of sp³-hybridized carbons (Fsp3) is 0.120. The molecule has 154 valence electrons. The van der Waals surface area contributed by atoms with Crippen molar-refractivity contribution in [2.45, 2.75) is 12.8 Å². The fourth-order valence-corrected chi connectivity index (χ4v) is 4.20. The Morgan fingerprint density at radius 2 is 1.35 bits per heavy atom. The van der Waals surface area contributed by atoms with Crippen LogP contribution in [0.15, 0.2) is 66.7 Å². The second kappa shape index (κ2) is 8.98. The lowest BCUT2D eigenvalue weighted by Crippen LogP contribution is -2.39. The van der Waals surface area contributed by atoms with Crippen LogP contribution >= 0.6 is 22.6 Å². The summed E-state index contributed by atoms with van der Waals surface area (Å²) in [5.74, 6) is 2.37. The van der Waals surface area contributed by atoms with Gasteiger partial charge in [-0.1, -0.05) is 54.3 Å². The van der Waals surface area contributed by atoms with E-state index < -0.39 is 33.1 Å². The van der Waals surface area contributed by atoms with Gasteiger partial charge in [-0.15, -0.1) is 0 Å². The smallest absolute Gasteiger partial charge is 0.274 e. The van der Waals surface area contributed by atoms with Gasteiger partial charge in [0.1, 0.15) is 5.69 Å². The summed E-state index contributed by atoms with van der Waals surface area (Å²) in [6, 6.07) is 18.7. The Labute approximate surface area is 192 Å². The van der Waals surface area contributed by atoms with Crippen molar-refractivity contribution >= 4 is 38.1 Å². The molecule has 0 heterocycles. The third kappa shape index (κ3) is 4.52. The van der Waals surface area contributed by atoms with E-state index in [-0.39, 0.29) is 5.56 Å². The molecule has 4 rings (SSSR count). The Morgan fingerprint density at radius 1 is 0.839 bits per heavy atom. The molecule has 0 saturated heterocycles. The summed E-state index contributed by atoms with van der Waals surface area (Å²) < 4.78 is 29.0. The highest BCUT2D eigenvalue weighted by atomic mass is 127. The number of nitrogens with zero attached hydrogens (tertiary/aromatic N) is 1. The lowest BCUT2D eigenvalue weighted by Gasteiger charge is -2.22. The quantitative estimate of drug-likeness (QED) is 0.187. The normalized spacial score (nSPS) is 12.6. The van der Waals surface area contributed by atoms with E-state index in [0.29, 0.717) is 23.3 Å². The Morgan fingerprint density at radius 3 is 1.90 bits per heavy atom. The summed E-state index contributed by atoms with van der Waals surface area (Å²) >= 11 is 1.38. The van der Waals surface area contributed by atoms with E-state index >= 15 is 0 Å². The Hall–Kier alpha value is -3.05. The number of rotatable bonds is 2. The predicted molar refractivity (Wildman–Crippen MR) is 123 cm³/mol. The molecule has 1 aliphatic rings. The number of carbonyl (C=O) groups is 2. The third-order valence-corrected chi connectivity index (χ3v) is 5.64. The van der Waals surface area contributed by atoms with Crippen LogP contribution in [-0.4, -0.2) is 9.82 Å². The molecule has 3 aromatic rings. The maximum Gasteiger partial charge on any atom is 0.294 e. The number of hydrogen-bond acceptors (Lipinski definition) is 2. The van der Waals surface area contributed by atoms with Gasteiger partial charge >= 0.3 is 0 Å². The second-order valence-corrected chi connectivity index (χ2v) is 8.13. The first kappa shape index (κ1) is 21.2. The van der Waals surface area contributed by atoms with Crippen LogP contribution in [0.2, 0.25) is 0 Å². The van der Waals surface area contributed by atoms with Crippen molar-refractivity contribution in [2.24, 2.45) is 5.92 Å².